The average molecular weight is 1160 g/mol. The number of esters is 3. The molecular formula is C77H134O6. The molecule has 0 spiro atoms. The lowest BCUT2D eigenvalue weighted by Gasteiger charge is -2.18. The van der Waals surface area contributed by atoms with E-state index in [-0.39, 0.29) is 31.1 Å². The van der Waals surface area contributed by atoms with Crippen molar-refractivity contribution in [2.24, 2.45) is 0 Å². The van der Waals surface area contributed by atoms with Gasteiger partial charge in [0.2, 0.25) is 0 Å². The highest BCUT2D eigenvalue weighted by molar-refractivity contribution is 5.71. The summed E-state index contributed by atoms with van der Waals surface area (Å²) in [6.45, 7) is 6.54. The van der Waals surface area contributed by atoms with Crippen LogP contribution in [0, 0.1) is 0 Å². The number of unbranched alkanes of at least 4 members (excludes halogenated alkanes) is 38. The third-order valence-corrected chi connectivity index (χ3v) is 15.6. The van der Waals surface area contributed by atoms with E-state index in [0.29, 0.717) is 19.3 Å². The second-order valence-corrected chi connectivity index (χ2v) is 23.8. The number of ether oxygens (including phenoxy) is 3. The minimum atomic E-state index is -0.776. The Balaban J connectivity index is 4.11. The van der Waals surface area contributed by atoms with Crippen LogP contribution in [-0.2, 0) is 28.6 Å². The van der Waals surface area contributed by atoms with Crippen LogP contribution < -0.4 is 0 Å². The van der Waals surface area contributed by atoms with E-state index in [2.05, 4.69) is 118 Å². The van der Waals surface area contributed by atoms with E-state index in [1.165, 1.54) is 212 Å². The maximum Gasteiger partial charge on any atom is 0.306 e. The summed E-state index contributed by atoms with van der Waals surface area (Å²) in [6, 6.07) is 0. The molecule has 0 saturated heterocycles. The Hall–Kier alpha value is -3.67. The molecule has 0 aliphatic carbocycles. The summed E-state index contributed by atoms with van der Waals surface area (Å²) in [7, 11) is 0. The van der Waals surface area contributed by atoms with Crippen molar-refractivity contribution in [2.75, 3.05) is 13.2 Å². The van der Waals surface area contributed by atoms with Crippen LogP contribution in [0.15, 0.2) is 97.2 Å². The Bertz CT molecular complexity index is 1610. The molecule has 0 aromatic heterocycles. The lowest BCUT2D eigenvalue weighted by molar-refractivity contribution is -0.167. The van der Waals surface area contributed by atoms with Crippen LogP contribution in [-0.4, -0.2) is 37.2 Å². The van der Waals surface area contributed by atoms with Crippen LogP contribution in [0.3, 0.4) is 0 Å². The monoisotopic (exact) mass is 1160 g/mol. The molecule has 6 nitrogen and oxygen atoms in total. The first-order valence-corrected chi connectivity index (χ1v) is 35.7. The summed E-state index contributed by atoms with van der Waals surface area (Å²) >= 11 is 0. The first-order valence-electron chi connectivity index (χ1n) is 35.7. The third-order valence-electron chi connectivity index (χ3n) is 15.6. The molecular weight excluding hydrogens is 1020 g/mol. The molecule has 0 rings (SSSR count). The van der Waals surface area contributed by atoms with Gasteiger partial charge in [0.15, 0.2) is 6.10 Å². The van der Waals surface area contributed by atoms with Crippen LogP contribution in [0.1, 0.15) is 355 Å². The van der Waals surface area contributed by atoms with Gasteiger partial charge in [0.25, 0.3) is 0 Å². The number of hydrogen-bond donors (Lipinski definition) is 0. The number of rotatable bonds is 65. The normalized spacial score (nSPS) is 12.7. The Morgan fingerprint density at radius 3 is 0.747 bits per heavy atom. The highest BCUT2D eigenvalue weighted by atomic mass is 16.6. The number of hydrogen-bond acceptors (Lipinski definition) is 6. The van der Waals surface area contributed by atoms with Gasteiger partial charge in [-0.3, -0.25) is 14.4 Å². The molecule has 1 atom stereocenters. The van der Waals surface area contributed by atoms with Crippen molar-refractivity contribution in [3.05, 3.63) is 97.2 Å². The number of allylic oxidation sites excluding steroid dienone is 16. The smallest absolute Gasteiger partial charge is 0.306 e. The van der Waals surface area contributed by atoms with Crippen LogP contribution in [0.5, 0.6) is 0 Å². The summed E-state index contributed by atoms with van der Waals surface area (Å²) < 4.78 is 16.9. The Morgan fingerprint density at radius 2 is 0.470 bits per heavy atom. The van der Waals surface area contributed by atoms with E-state index < -0.39 is 6.10 Å². The van der Waals surface area contributed by atoms with Crippen molar-refractivity contribution in [1.29, 1.82) is 0 Å². The molecule has 0 aromatic carbocycles. The fourth-order valence-corrected chi connectivity index (χ4v) is 10.2. The maximum absolute atomic E-state index is 12.9. The van der Waals surface area contributed by atoms with Gasteiger partial charge in [0.05, 0.1) is 0 Å². The van der Waals surface area contributed by atoms with Crippen molar-refractivity contribution in [3.8, 4) is 0 Å². The molecule has 0 N–H and O–H groups in total. The molecule has 478 valence electrons. The summed E-state index contributed by atoms with van der Waals surface area (Å²) in [6.07, 6.45) is 95.9. The number of carbonyl (C=O) groups excluding carboxylic acids is 3. The van der Waals surface area contributed by atoms with E-state index in [4.69, 9.17) is 14.2 Å². The van der Waals surface area contributed by atoms with Gasteiger partial charge in [-0.2, -0.15) is 0 Å². The highest BCUT2D eigenvalue weighted by Crippen LogP contribution is 2.17. The van der Waals surface area contributed by atoms with Crippen molar-refractivity contribution in [2.45, 2.75) is 361 Å². The van der Waals surface area contributed by atoms with Crippen molar-refractivity contribution >= 4 is 17.9 Å². The predicted molar refractivity (Wildman–Crippen MR) is 362 cm³/mol. The Kier molecular flexibility index (Phi) is 67.7. The van der Waals surface area contributed by atoms with E-state index in [1.54, 1.807) is 0 Å². The Labute approximate surface area is 515 Å². The molecule has 0 aliphatic rings. The van der Waals surface area contributed by atoms with Crippen LogP contribution >= 0.6 is 0 Å². The molecule has 83 heavy (non-hydrogen) atoms. The van der Waals surface area contributed by atoms with Gasteiger partial charge >= 0.3 is 17.9 Å². The largest absolute Gasteiger partial charge is 0.462 e. The average Bonchev–Trinajstić information content (AvgIpc) is 3.49. The summed E-state index contributed by atoms with van der Waals surface area (Å²) in [4.78, 5) is 38.3. The lowest BCUT2D eigenvalue weighted by atomic mass is 10.0. The first kappa shape index (κ1) is 79.3. The fourth-order valence-electron chi connectivity index (χ4n) is 10.2. The Morgan fingerprint density at radius 1 is 0.253 bits per heavy atom. The van der Waals surface area contributed by atoms with Gasteiger partial charge < -0.3 is 14.2 Å². The van der Waals surface area contributed by atoms with Crippen molar-refractivity contribution in [3.63, 3.8) is 0 Å². The van der Waals surface area contributed by atoms with Crippen molar-refractivity contribution < 1.29 is 28.6 Å². The SMILES string of the molecule is CC/C=C\C/C=C\C/C=C\C/C=C\C/C=C\C/C=C\C/C=C\CCCCCCCCCCCCCCCC(=O)OCC(COC(=O)CCCCCCCCCCC)OC(=O)CCCCCCCCCCC/C=C\CCCCCCCCCC. The van der Waals surface area contributed by atoms with Gasteiger partial charge in [-0.05, 0) is 103 Å². The van der Waals surface area contributed by atoms with E-state index in [0.717, 1.165) is 103 Å². The molecule has 0 amide bonds. The molecule has 0 radical (unpaired) electrons. The van der Waals surface area contributed by atoms with Gasteiger partial charge in [-0.1, -0.05) is 330 Å². The zero-order valence-electron chi connectivity index (χ0n) is 54.9. The number of carbonyl (C=O) groups is 3. The second kappa shape index (κ2) is 70.8. The van der Waals surface area contributed by atoms with Gasteiger partial charge in [0, 0.05) is 19.3 Å². The van der Waals surface area contributed by atoms with E-state index in [9.17, 15) is 14.4 Å². The van der Waals surface area contributed by atoms with Gasteiger partial charge in [-0.25, -0.2) is 0 Å². The molecule has 0 aromatic rings. The lowest BCUT2D eigenvalue weighted by Crippen LogP contribution is -2.30. The standard InChI is InChI=1S/C77H134O6/c1-4-7-10-13-16-19-21-23-25-27-29-31-32-33-34-35-36-37-38-39-40-41-42-43-44-46-47-49-51-53-55-58-61-64-67-70-76(79)82-73-74(72-81-75(78)69-66-63-60-57-18-15-12-9-6-3)83-77(80)71-68-65-62-59-56-54-52-50-48-45-30-28-26-24-22-20-17-14-11-8-5-2/h7,10,16,19,23,25,28-31,33-34,36-37,39-40,74H,4-6,8-9,11-15,17-18,20-22,24,26-27,32,35,38,41-73H2,1-3H3/b10-7-,19-16-,25-23-,30-28-,31-29-,34-33-,37-36-,40-39-. The quantitative estimate of drug-likeness (QED) is 0.0261. The van der Waals surface area contributed by atoms with E-state index in [1.807, 2.05) is 0 Å². The molecule has 0 bridgehead atoms. The zero-order valence-corrected chi connectivity index (χ0v) is 54.9. The summed E-state index contributed by atoms with van der Waals surface area (Å²) in [5.41, 5.74) is 0. The zero-order chi connectivity index (χ0) is 59.9. The first-order chi connectivity index (χ1) is 41.0. The third kappa shape index (κ3) is 69.0. The predicted octanol–water partition coefficient (Wildman–Crippen LogP) is 24.8. The summed E-state index contributed by atoms with van der Waals surface area (Å²) in [5.74, 6) is -0.863. The van der Waals surface area contributed by atoms with Crippen molar-refractivity contribution in [1.82, 2.24) is 0 Å². The summed E-state index contributed by atoms with van der Waals surface area (Å²) in [5, 5.41) is 0. The topological polar surface area (TPSA) is 78.9 Å². The molecule has 1 unspecified atom stereocenters. The molecule has 0 fully saturated rings. The second-order valence-electron chi connectivity index (χ2n) is 23.8. The maximum atomic E-state index is 12.9. The molecule has 0 saturated carbocycles. The molecule has 0 aliphatic heterocycles. The molecule has 0 heterocycles. The van der Waals surface area contributed by atoms with Crippen LogP contribution in [0.2, 0.25) is 0 Å². The minimum Gasteiger partial charge on any atom is -0.462 e. The fraction of sp³-hybridized carbons (Fsp3) is 0.753. The molecule has 6 heteroatoms. The van der Waals surface area contributed by atoms with E-state index >= 15 is 0 Å². The van der Waals surface area contributed by atoms with Gasteiger partial charge in [0.1, 0.15) is 13.2 Å². The highest BCUT2D eigenvalue weighted by Gasteiger charge is 2.19. The minimum absolute atomic E-state index is 0.0734. The van der Waals surface area contributed by atoms with Gasteiger partial charge in [-0.15, -0.1) is 0 Å². The van der Waals surface area contributed by atoms with Crippen LogP contribution in [0.4, 0.5) is 0 Å². The van der Waals surface area contributed by atoms with Crippen LogP contribution in [0.25, 0.3) is 0 Å².